The molecule has 1 heterocycles. The number of nitrogens with two attached hydrogens (primary N) is 1. The highest BCUT2D eigenvalue weighted by Gasteiger charge is 2.23. The average molecular weight is 241 g/mol. The lowest BCUT2D eigenvalue weighted by Gasteiger charge is -2.18. The number of halogens is 1. The second-order valence-electron chi connectivity index (χ2n) is 4.65. The maximum absolute atomic E-state index is 5.91. The van der Waals surface area contributed by atoms with Gasteiger partial charge in [0, 0.05) is 23.4 Å². The van der Waals surface area contributed by atoms with Crippen LogP contribution in [0.15, 0.2) is 24.3 Å². The molecule has 3 heteroatoms. The first-order valence-corrected chi connectivity index (χ1v) is 6.56. The van der Waals surface area contributed by atoms with Crippen molar-refractivity contribution in [3.05, 3.63) is 34.9 Å². The minimum absolute atomic E-state index is 0.574. The van der Waals surface area contributed by atoms with E-state index in [-0.39, 0.29) is 0 Å². The van der Waals surface area contributed by atoms with Crippen molar-refractivity contribution in [1.82, 2.24) is 0 Å². The number of likely N-dealkylation sites (tertiary alicyclic amines) is 1. The van der Waals surface area contributed by atoms with Crippen molar-refractivity contribution < 1.29 is 10.2 Å². The van der Waals surface area contributed by atoms with Crippen molar-refractivity contribution in [3.8, 4) is 0 Å². The lowest BCUT2D eigenvalue weighted by Crippen LogP contribution is -3.12. The van der Waals surface area contributed by atoms with Crippen LogP contribution in [-0.2, 0) is 0 Å². The molecular weight excluding hydrogens is 220 g/mol. The van der Waals surface area contributed by atoms with Crippen LogP contribution in [0, 0.1) is 0 Å². The van der Waals surface area contributed by atoms with Gasteiger partial charge in [0.1, 0.15) is 6.54 Å². The summed E-state index contributed by atoms with van der Waals surface area (Å²) in [6, 6.07) is 8.87. The second kappa shape index (κ2) is 5.67. The van der Waals surface area contributed by atoms with Crippen LogP contribution in [0.3, 0.4) is 0 Å². The van der Waals surface area contributed by atoms with Gasteiger partial charge in [-0.05, 0) is 12.1 Å². The number of hydrogen-bond acceptors (Lipinski definition) is 0. The Morgan fingerprint density at radius 2 is 1.88 bits per heavy atom. The smallest absolute Gasteiger partial charge is 0.161 e. The Kier molecular flexibility index (Phi) is 4.22. The summed E-state index contributed by atoms with van der Waals surface area (Å²) in [6.45, 7) is 3.92. The van der Waals surface area contributed by atoms with Crippen molar-refractivity contribution in [2.75, 3.05) is 26.7 Å². The molecular formula is C13H21ClN2+2. The van der Waals surface area contributed by atoms with E-state index in [2.05, 4.69) is 24.5 Å². The summed E-state index contributed by atoms with van der Waals surface area (Å²) in [6.07, 6.45) is 2.79. The van der Waals surface area contributed by atoms with E-state index in [0.717, 1.165) is 5.02 Å². The van der Waals surface area contributed by atoms with Crippen LogP contribution in [0.1, 0.15) is 24.4 Å². The molecule has 0 aliphatic carbocycles. The molecule has 1 fully saturated rings. The number of nitrogens with one attached hydrogen (secondary N) is 1. The summed E-state index contributed by atoms with van der Waals surface area (Å²) in [5.41, 5.74) is 1.39. The Bertz CT molecular complexity index is 317. The van der Waals surface area contributed by atoms with Crippen LogP contribution in [0.2, 0.25) is 5.02 Å². The van der Waals surface area contributed by atoms with Crippen molar-refractivity contribution in [2.45, 2.75) is 18.9 Å². The van der Waals surface area contributed by atoms with Gasteiger partial charge in [0.05, 0.1) is 20.1 Å². The van der Waals surface area contributed by atoms with E-state index in [4.69, 9.17) is 11.6 Å². The van der Waals surface area contributed by atoms with Gasteiger partial charge in [-0.15, -0.1) is 0 Å². The number of rotatable bonds is 4. The maximum Gasteiger partial charge on any atom is 0.161 e. The molecule has 2 nitrogen and oxygen atoms in total. The van der Waals surface area contributed by atoms with Crippen LogP contribution in [-0.4, -0.2) is 26.7 Å². The molecule has 1 saturated heterocycles. The van der Waals surface area contributed by atoms with Gasteiger partial charge in [0.25, 0.3) is 0 Å². The highest BCUT2D eigenvalue weighted by Crippen LogP contribution is 2.13. The Balaban J connectivity index is 2.00. The van der Waals surface area contributed by atoms with Crippen molar-refractivity contribution in [1.29, 1.82) is 0 Å². The first-order chi connectivity index (χ1) is 7.79. The molecule has 3 N–H and O–H groups in total. The molecule has 0 unspecified atom stereocenters. The minimum atomic E-state index is 0.574. The van der Waals surface area contributed by atoms with E-state index in [0.29, 0.717) is 6.04 Å². The summed E-state index contributed by atoms with van der Waals surface area (Å²) in [4.78, 5) is 1.75. The standard InChI is InChI=1S/C13H19ClN2/c1-15-13(10-16-8-2-3-9-16)11-4-6-12(14)7-5-11/h4-7,13,15H,2-3,8-10H2,1H3/p+2/t13-/m0/s1. The molecule has 1 aromatic rings. The molecule has 0 bridgehead atoms. The van der Waals surface area contributed by atoms with Gasteiger partial charge in [0.15, 0.2) is 6.04 Å². The Morgan fingerprint density at radius 3 is 2.44 bits per heavy atom. The van der Waals surface area contributed by atoms with Gasteiger partial charge in [0.2, 0.25) is 0 Å². The first kappa shape index (κ1) is 11.9. The second-order valence-corrected chi connectivity index (χ2v) is 5.09. The third-order valence-electron chi connectivity index (χ3n) is 3.52. The van der Waals surface area contributed by atoms with Crippen LogP contribution in [0.5, 0.6) is 0 Å². The maximum atomic E-state index is 5.91. The van der Waals surface area contributed by atoms with Crippen LogP contribution in [0.4, 0.5) is 0 Å². The fourth-order valence-electron chi connectivity index (χ4n) is 2.53. The van der Waals surface area contributed by atoms with E-state index < -0.39 is 0 Å². The molecule has 1 aliphatic rings. The number of likely N-dealkylation sites (N-methyl/N-ethyl adjacent to an activating group) is 1. The SMILES string of the molecule is C[NH2+][C@@H](C[NH+]1CCCC1)c1ccc(Cl)cc1. The van der Waals surface area contributed by atoms with Crippen molar-refractivity contribution in [2.24, 2.45) is 0 Å². The monoisotopic (exact) mass is 240 g/mol. The molecule has 1 aliphatic heterocycles. The van der Waals surface area contributed by atoms with Gasteiger partial charge >= 0.3 is 0 Å². The summed E-state index contributed by atoms with van der Waals surface area (Å²) >= 11 is 5.91. The van der Waals surface area contributed by atoms with E-state index in [1.165, 1.54) is 38.0 Å². The molecule has 0 spiro atoms. The fourth-order valence-corrected chi connectivity index (χ4v) is 2.65. The Morgan fingerprint density at radius 1 is 1.25 bits per heavy atom. The summed E-state index contributed by atoms with van der Waals surface area (Å²) in [5, 5.41) is 3.14. The molecule has 16 heavy (non-hydrogen) atoms. The normalized spacial score (nSPS) is 18.9. The predicted molar refractivity (Wildman–Crippen MR) is 66.8 cm³/mol. The molecule has 0 amide bonds. The van der Waals surface area contributed by atoms with Gasteiger partial charge in [-0.2, -0.15) is 0 Å². The minimum Gasteiger partial charge on any atom is -0.338 e. The summed E-state index contributed by atoms with van der Waals surface area (Å²) in [7, 11) is 2.16. The third-order valence-corrected chi connectivity index (χ3v) is 3.77. The number of benzene rings is 1. The summed E-state index contributed by atoms with van der Waals surface area (Å²) in [5.74, 6) is 0. The number of hydrogen-bond donors (Lipinski definition) is 2. The lowest BCUT2D eigenvalue weighted by atomic mass is 10.1. The molecule has 2 rings (SSSR count). The molecule has 0 radical (unpaired) electrons. The zero-order valence-electron chi connectivity index (χ0n) is 9.88. The Labute approximate surface area is 103 Å². The van der Waals surface area contributed by atoms with E-state index in [9.17, 15) is 0 Å². The zero-order valence-corrected chi connectivity index (χ0v) is 10.6. The molecule has 88 valence electrons. The van der Waals surface area contributed by atoms with Gasteiger partial charge in [-0.3, -0.25) is 0 Å². The molecule has 1 aromatic carbocycles. The predicted octanol–water partition coefficient (Wildman–Crippen LogP) is 0.253. The van der Waals surface area contributed by atoms with E-state index in [1.54, 1.807) is 4.90 Å². The highest BCUT2D eigenvalue weighted by atomic mass is 35.5. The topological polar surface area (TPSA) is 21.1 Å². The highest BCUT2D eigenvalue weighted by molar-refractivity contribution is 6.30. The first-order valence-electron chi connectivity index (χ1n) is 6.18. The van der Waals surface area contributed by atoms with Crippen molar-refractivity contribution in [3.63, 3.8) is 0 Å². The van der Waals surface area contributed by atoms with E-state index in [1.807, 2.05) is 12.1 Å². The van der Waals surface area contributed by atoms with E-state index >= 15 is 0 Å². The third kappa shape index (κ3) is 2.97. The fraction of sp³-hybridized carbons (Fsp3) is 0.538. The number of quaternary nitrogens is 2. The molecule has 0 saturated carbocycles. The van der Waals surface area contributed by atoms with Gasteiger partial charge in [-0.25, -0.2) is 0 Å². The quantitative estimate of drug-likeness (QED) is 0.753. The van der Waals surface area contributed by atoms with Crippen LogP contribution < -0.4 is 10.2 Å². The van der Waals surface area contributed by atoms with Crippen LogP contribution >= 0.6 is 11.6 Å². The molecule has 1 atom stereocenters. The van der Waals surface area contributed by atoms with Crippen LogP contribution in [0.25, 0.3) is 0 Å². The lowest BCUT2D eigenvalue weighted by molar-refractivity contribution is -0.908. The largest absolute Gasteiger partial charge is 0.338 e. The van der Waals surface area contributed by atoms with Gasteiger partial charge < -0.3 is 10.2 Å². The summed E-state index contributed by atoms with van der Waals surface area (Å²) < 4.78 is 0. The zero-order chi connectivity index (χ0) is 11.4. The Hall–Kier alpha value is -0.570. The van der Waals surface area contributed by atoms with Crippen molar-refractivity contribution >= 4 is 11.6 Å². The van der Waals surface area contributed by atoms with Gasteiger partial charge in [-0.1, -0.05) is 23.7 Å². The average Bonchev–Trinajstić information content (AvgIpc) is 2.80. The molecule has 0 aromatic heterocycles.